The van der Waals surface area contributed by atoms with E-state index in [1.807, 2.05) is 6.92 Å². The number of aromatic hydroxyl groups is 1. The monoisotopic (exact) mass is 545 g/mol. The van der Waals surface area contributed by atoms with E-state index >= 15 is 0 Å². The summed E-state index contributed by atoms with van der Waals surface area (Å²) in [5.74, 6) is -0.904. The molecule has 0 radical (unpaired) electrons. The van der Waals surface area contributed by atoms with Crippen molar-refractivity contribution >= 4 is 34.5 Å². The molecule has 3 N–H and O–H groups in total. The molecule has 31 heavy (non-hydrogen) atoms. The number of aliphatic hydroxyl groups is 1. The van der Waals surface area contributed by atoms with Crippen molar-refractivity contribution in [2.24, 2.45) is 5.92 Å². The molecule has 1 aromatic carbocycles. The number of rotatable bonds is 9. The zero-order chi connectivity index (χ0) is 22.9. The number of aliphatic hydroxyl groups excluding tert-OH is 1. The molecule has 0 aliphatic carbocycles. The van der Waals surface area contributed by atoms with Crippen molar-refractivity contribution in [3.8, 4) is 11.5 Å². The molecule has 2 aliphatic rings. The van der Waals surface area contributed by atoms with Crippen LogP contribution in [0.1, 0.15) is 74.4 Å². The molecule has 4 atom stereocenters. The van der Waals surface area contributed by atoms with Gasteiger partial charge in [0.2, 0.25) is 0 Å². The van der Waals surface area contributed by atoms with Gasteiger partial charge in [0.15, 0.2) is 0 Å². The fourth-order valence-electron chi connectivity index (χ4n) is 4.39. The Bertz CT molecular complexity index is 857. The molecule has 0 saturated heterocycles. The van der Waals surface area contributed by atoms with Gasteiger partial charge in [-0.3, -0.25) is 9.59 Å². The molecule has 1 aromatic rings. The highest BCUT2D eigenvalue weighted by Crippen LogP contribution is 2.46. The third-order valence-corrected chi connectivity index (χ3v) is 7.15. The first-order valence-corrected chi connectivity index (χ1v) is 12.2. The first-order valence-electron chi connectivity index (χ1n) is 10.9. The second-order valence-corrected chi connectivity index (χ2v) is 11.3. The van der Waals surface area contributed by atoms with Crippen LogP contribution in [0, 0.1) is 5.92 Å². The summed E-state index contributed by atoms with van der Waals surface area (Å²) in [6.45, 7) is 6.73. The fourth-order valence-corrected chi connectivity index (χ4v) is 4.83. The van der Waals surface area contributed by atoms with Crippen LogP contribution in [0.4, 0.5) is 0 Å². The van der Waals surface area contributed by atoms with E-state index in [0.717, 1.165) is 18.4 Å². The number of carbonyl (C=O) groups is 2. The third-order valence-electron chi connectivity index (χ3n) is 6.53. The quantitative estimate of drug-likeness (QED) is 0.321. The molecular formula is C23H32INO6. The van der Waals surface area contributed by atoms with Crippen molar-refractivity contribution < 1.29 is 29.6 Å². The number of carboxylic acids is 1. The Morgan fingerprint density at radius 3 is 2.68 bits per heavy atom. The number of halogens is 1. The Kier molecular flexibility index (Phi) is 7.40. The summed E-state index contributed by atoms with van der Waals surface area (Å²) in [5, 5.41) is 30.4. The summed E-state index contributed by atoms with van der Waals surface area (Å²) < 4.78 is 6.84. The third kappa shape index (κ3) is 5.10. The van der Waals surface area contributed by atoms with Crippen LogP contribution in [0.15, 0.2) is 6.07 Å². The molecule has 1 amide bonds. The minimum absolute atomic E-state index is 0.0227. The first-order chi connectivity index (χ1) is 14.5. The summed E-state index contributed by atoms with van der Waals surface area (Å²) >= 11 is 2.38. The highest BCUT2D eigenvalue weighted by atomic mass is 127. The van der Waals surface area contributed by atoms with Gasteiger partial charge in [-0.25, -0.2) is 0 Å². The first kappa shape index (κ1) is 24.1. The maximum Gasteiger partial charge on any atom is 0.306 e. The number of carboxylic acid groups (broad SMARTS) is 1. The summed E-state index contributed by atoms with van der Waals surface area (Å²) in [5.41, 5.74) is 0.882. The van der Waals surface area contributed by atoms with E-state index in [9.17, 15) is 19.8 Å². The van der Waals surface area contributed by atoms with E-state index in [1.165, 1.54) is 6.07 Å². The number of aliphatic carboxylic acids is 1. The van der Waals surface area contributed by atoms with Gasteiger partial charge in [-0.15, -0.1) is 0 Å². The Hall–Kier alpha value is -1.55. The maximum atomic E-state index is 12.9. The lowest BCUT2D eigenvalue weighted by molar-refractivity contribution is -0.141. The average molecular weight is 545 g/mol. The fraction of sp³-hybridized carbons (Fsp3) is 0.652. The van der Waals surface area contributed by atoms with Gasteiger partial charge in [0.1, 0.15) is 17.1 Å². The van der Waals surface area contributed by atoms with E-state index in [2.05, 4.69) is 29.5 Å². The number of hydrogen-bond acceptors (Lipinski definition) is 5. The molecule has 7 nitrogen and oxygen atoms in total. The van der Waals surface area contributed by atoms with E-state index in [-0.39, 0.29) is 18.1 Å². The normalized spacial score (nSPS) is 24.4. The van der Waals surface area contributed by atoms with Gasteiger partial charge in [-0.05, 0) is 45.1 Å². The maximum absolute atomic E-state index is 12.9. The molecule has 0 spiro atoms. The number of nitrogens with zero attached hydrogens (tertiary/aromatic N) is 1. The second-order valence-electron chi connectivity index (χ2n) is 9.15. The Morgan fingerprint density at radius 1 is 1.32 bits per heavy atom. The van der Waals surface area contributed by atoms with Crippen LogP contribution < -0.4 is 4.74 Å². The number of ether oxygens (including phenoxy) is 1. The number of fused-ring (bicyclic) bond motifs is 3. The predicted molar refractivity (Wildman–Crippen MR) is 125 cm³/mol. The topological polar surface area (TPSA) is 107 Å². The van der Waals surface area contributed by atoms with Crippen LogP contribution in [-0.4, -0.2) is 54.3 Å². The van der Waals surface area contributed by atoms with Gasteiger partial charge < -0.3 is 25.0 Å². The van der Waals surface area contributed by atoms with Crippen molar-refractivity contribution in [1.29, 1.82) is 0 Å². The molecular weight excluding hydrogens is 513 g/mol. The smallest absolute Gasteiger partial charge is 0.306 e. The van der Waals surface area contributed by atoms with Crippen molar-refractivity contribution in [3.05, 3.63) is 22.8 Å². The largest absolute Gasteiger partial charge is 0.508 e. The number of hydrogen-bond donors (Lipinski definition) is 3. The molecule has 0 aromatic heterocycles. The van der Waals surface area contributed by atoms with Gasteiger partial charge in [0, 0.05) is 28.0 Å². The molecule has 0 fully saturated rings. The zero-order valence-corrected chi connectivity index (χ0v) is 20.5. The molecule has 2 aliphatic heterocycles. The number of phenolic OH excluding ortho intramolecular Hbond substituents is 1. The highest BCUT2D eigenvalue weighted by Gasteiger charge is 2.44. The standard InChI is InChI=1S/C23H32INO6/c1-13(22(29)30)6-4-8-23(3)19(27)11-16-18(26)10-15-17(20(16)31-23)12-25(21(15)28)9-5-7-14(2)24/h10,13-14,19,26-27H,4-9,11-12H2,1-3H3,(H,29,30)/t13?,14-,19?,23?/m1/s1. The zero-order valence-electron chi connectivity index (χ0n) is 18.4. The van der Waals surface area contributed by atoms with E-state index < -0.39 is 23.6 Å². The lowest BCUT2D eigenvalue weighted by Gasteiger charge is -2.41. The van der Waals surface area contributed by atoms with Crippen molar-refractivity contribution in [2.75, 3.05) is 6.54 Å². The van der Waals surface area contributed by atoms with Crippen LogP contribution in [0.3, 0.4) is 0 Å². The lowest BCUT2D eigenvalue weighted by Crippen LogP contribution is -2.49. The number of carbonyl (C=O) groups excluding carboxylic acids is 1. The van der Waals surface area contributed by atoms with Crippen molar-refractivity contribution in [1.82, 2.24) is 4.90 Å². The number of amides is 1. The molecule has 8 heteroatoms. The molecule has 172 valence electrons. The van der Waals surface area contributed by atoms with Crippen molar-refractivity contribution in [3.63, 3.8) is 0 Å². The van der Waals surface area contributed by atoms with Gasteiger partial charge in [0.05, 0.1) is 24.1 Å². The van der Waals surface area contributed by atoms with Gasteiger partial charge in [0.25, 0.3) is 5.91 Å². The van der Waals surface area contributed by atoms with Gasteiger partial charge in [-0.2, -0.15) is 0 Å². The van der Waals surface area contributed by atoms with Crippen LogP contribution in [0.25, 0.3) is 0 Å². The van der Waals surface area contributed by atoms with Gasteiger partial charge >= 0.3 is 5.97 Å². The van der Waals surface area contributed by atoms with E-state index in [0.29, 0.717) is 53.2 Å². The summed E-state index contributed by atoms with van der Waals surface area (Å²) in [6.07, 6.45) is 2.92. The summed E-state index contributed by atoms with van der Waals surface area (Å²) in [6, 6.07) is 1.50. The van der Waals surface area contributed by atoms with Crippen LogP contribution in [0.2, 0.25) is 0 Å². The molecule has 3 unspecified atom stereocenters. The highest BCUT2D eigenvalue weighted by molar-refractivity contribution is 14.1. The molecule has 0 saturated carbocycles. The second kappa shape index (κ2) is 9.52. The SMILES string of the molecule is CC(CCCC1(C)Oc2c(c(O)cc3c2CN(CCC[C@@H](C)I)C3=O)CC1O)C(=O)O. The van der Waals surface area contributed by atoms with E-state index in [1.54, 1.807) is 11.8 Å². The minimum Gasteiger partial charge on any atom is -0.508 e. The number of benzene rings is 1. The van der Waals surface area contributed by atoms with E-state index in [4.69, 9.17) is 9.84 Å². The Labute approximate surface area is 196 Å². The Morgan fingerprint density at radius 2 is 2.03 bits per heavy atom. The minimum atomic E-state index is -0.903. The lowest BCUT2D eigenvalue weighted by atomic mass is 9.83. The molecule has 2 heterocycles. The predicted octanol–water partition coefficient (Wildman–Crippen LogP) is 3.90. The number of alkyl halides is 1. The average Bonchev–Trinajstić information content (AvgIpc) is 2.99. The summed E-state index contributed by atoms with van der Waals surface area (Å²) in [7, 11) is 0. The van der Waals surface area contributed by atoms with Crippen LogP contribution in [-0.2, 0) is 17.8 Å². The number of phenols is 1. The molecule has 3 rings (SSSR count). The van der Waals surface area contributed by atoms with Crippen LogP contribution in [0.5, 0.6) is 11.5 Å². The Balaban J connectivity index is 1.79. The van der Waals surface area contributed by atoms with Crippen LogP contribution >= 0.6 is 22.6 Å². The summed E-state index contributed by atoms with van der Waals surface area (Å²) in [4.78, 5) is 25.8. The molecule has 0 bridgehead atoms. The van der Waals surface area contributed by atoms with Crippen molar-refractivity contribution in [2.45, 2.75) is 81.5 Å². The van der Waals surface area contributed by atoms with Gasteiger partial charge in [-0.1, -0.05) is 36.4 Å².